The van der Waals surface area contributed by atoms with Crippen molar-refractivity contribution in [2.75, 3.05) is 0 Å². The number of rotatable bonds is 7. The zero-order chi connectivity index (χ0) is 22.2. The Kier molecular flexibility index (Phi) is 6.76. The van der Waals surface area contributed by atoms with Gasteiger partial charge in [0.25, 0.3) is 0 Å². The van der Waals surface area contributed by atoms with Gasteiger partial charge in [0.2, 0.25) is 0 Å². The van der Waals surface area contributed by atoms with Crippen molar-refractivity contribution in [3.8, 4) is 0 Å². The van der Waals surface area contributed by atoms with Crippen LogP contribution >= 0.6 is 0 Å². The Morgan fingerprint density at radius 3 is 2.65 bits per heavy atom. The van der Waals surface area contributed by atoms with E-state index in [0.29, 0.717) is 17.3 Å². The van der Waals surface area contributed by atoms with Crippen molar-refractivity contribution in [1.82, 2.24) is 0 Å². The molecule has 174 valence electrons. The first-order chi connectivity index (χ1) is 14.8. The van der Waals surface area contributed by atoms with Crippen molar-refractivity contribution < 1.29 is 9.53 Å². The van der Waals surface area contributed by atoms with Crippen molar-refractivity contribution in [1.29, 1.82) is 0 Å². The molecule has 0 aromatic heterocycles. The van der Waals surface area contributed by atoms with Crippen LogP contribution in [0, 0.1) is 28.6 Å². The highest BCUT2D eigenvalue weighted by Crippen LogP contribution is 2.64. The van der Waals surface area contributed by atoms with Gasteiger partial charge in [-0.05, 0) is 80.0 Å². The first kappa shape index (κ1) is 23.1. The molecule has 0 aromatic carbocycles. The molecular weight excluding hydrogens is 380 g/mol. The third-order valence-corrected chi connectivity index (χ3v) is 9.77. The SMILES string of the molecule is CCC(=O)OC1CCC2(C)C(=CCC3=C4CCC(CCCCC(C)C)C4(C)CCC32)C1. The van der Waals surface area contributed by atoms with Crippen LogP contribution < -0.4 is 0 Å². The summed E-state index contributed by atoms with van der Waals surface area (Å²) in [5.41, 5.74) is 6.06. The summed E-state index contributed by atoms with van der Waals surface area (Å²) in [6.07, 6.45) is 18.7. The van der Waals surface area contributed by atoms with E-state index in [9.17, 15) is 4.79 Å². The van der Waals surface area contributed by atoms with E-state index in [1.54, 1.807) is 5.57 Å². The Bertz CT molecular complexity index is 744. The number of fused-ring (bicyclic) bond motifs is 4. The molecule has 0 spiro atoms. The lowest BCUT2D eigenvalue weighted by Gasteiger charge is -2.53. The average molecular weight is 427 g/mol. The van der Waals surface area contributed by atoms with Gasteiger partial charge < -0.3 is 4.74 Å². The minimum absolute atomic E-state index is 0.0355. The van der Waals surface area contributed by atoms with Crippen LogP contribution in [0.15, 0.2) is 22.8 Å². The molecule has 4 aliphatic carbocycles. The Morgan fingerprint density at radius 2 is 1.90 bits per heavy atom. The molecule has 0 N–H and O–H groups in total. The summed E-state index contributed by atoms with van der Waals surface area (Å²) in [5.74, 6) is 2.45. The number of hydrogen-bond donors (Lipinski definition) is 0. The molecule has 0 aromatic rings. The second-order valence-electron chi connectivity index (χ2n) is 12.0. The van der Waals surface area contributed by atoms with Crippen LogP contribution in [0.25, 0.3) is 0 Å². The lowest BCUT2D eigenvalue weighted by atomic mass is 9.52. The predicted octanol–water partition coefficient (Wildman–Crippen LogP) is 8.17. The molecule has 2 saturated carbocycles. The smallest absolute Gasteiger partial charge is 0.305 e. The zero-order valence-electron chi connectivity index (χ0n) is 20.9. The number of allylic oxidation sites excluding steroid dienone is 3. The molecule has 0 heterocycles. The molecule has 2 fully saturated rings. The average Bonchev–Trinajstić information content (AvgIpc) is 3.07. The van der Waals surface area contributed by atoms with Crippen LogP contribution in [-0.2, 0) is 9.53 Å². The lowest BCUT2D eigenvalue weighted by Crippen LogP contribution is -2.43. The highest BCUT2D eigenvalue weighted by atomic mass is 16.5. The maximum absolute atomic E-state index is 11.8. The fourth-order valence-electron chi connectivity index (χ4n) is 7.77. The van der Waals surface area contributed by atoms with E-state index in [0.717, 1.165) is 37.0 Å². The summed E-state index contributed by atoms with van der Waals surface area (Å²) < 4.78 is 5.74. The minimum atomic E-state index is -0.0355. The monoisotopic (exact) mass is 426 g/mol. The first-order valence-electron chi connectivity index (χ1n) is 13.4. The van der Waals surface area contributed by atoms with E-state index in [2.05, 4.69) is 33.8 Å². The third-order valence-electron chi connectivity index (χ3n) is 9.77. The molecule has 5 unspecified atom stereocenters. The molecule has 5 atom stereocenters. The molecule has 4 rings (SSSR count). The molecule has 0 aliphatic heterocycles. The molecular formula is C29H46O2. The second kappa shape index (κ2) is 9.06. The van der Waals surface area contributed by atoms with Crippen molar-refractivity contribution in [3.05, 3.63) is 22.8 Å². The van der Waals surface area contributed by atoms with Gasteiger partial charge in [0, 0.05) is 12.8 Å². The van der Waals surface area contributed by atoms with Gasteiger partial charge in [-0.2, -0.15) is 0 Å². The Labute approximate surface area is 191 Å². The van der Waals surface area contributed by atoms with Gasteiger partial charge >= 0.3 is 5.97 Å². The van der Waals surface area contributed by atoms with Gasteiger partial charge in [0.05, 0.1) is 0 Å². The van der Waals surface area contributed by atoms with Crippen LogP contribution in [-0.4, -0.2) is 12.1 Å². The van der Waals surface area contributed by atoms with Crippen LogP contribution in [0.2, 0.25) is 0 Å². The molecule has 0 amide bonds. The summed E-state index contributed by atoms with van der Waals surface area (Å²) in [6, 6.07) is 0. The lowest BCUT2D eigenvalue weighted by molar-refractivity contribution is -0.150. The fraction of sp³-hybridized carbons (Fsp3) is 0.828. The minimum Gasteiger partial charge on any atom is -0.462 e. The van der Waals surface area contributed by atoms with Gasteiger partial charge in [-0.25, -0.2) is 0 Å². The fourth-order valence-corrected chi connectivity index (χ4v) is 7.77. The highest BCUT2D eigenvalue weighted by Gasteiger charge is 2.53. The van der Waals surface area contributed by atoms with E-state index in [1.807, 2.05) is 18.1 Å². The van der Waals surface area contributed by atoms with E-state index in [4.69, 9.17) is 4.74 Å². The van der Waals surface area contributed by atoms with E-state index in [1.165, 1.54) is 57.8 Å². The van der Waals surface area contributed by atoms with Crippen molar-refractivity contribution in [2.24, 2.45) is 28.6 Å². The van der Waals surface area contributed by atoms with Crippen molar-refractivity contribution >= 4 is 5.97 Å². The maximum atomic E-state index is 11.8. The molecule has 31 heavy (non-hydrogen) atoms. The topological polar surface area (TPSA) is 26.3 Å². The summed E-state index contributed by atoms with van der Waals surface area (Å²) in [7, 11) is 0. The van der Waals surface area contributed by atoms with Crippen LogP contribution in [0.3, 0.4) is 0 Å². The largest absolute Gasteiger partial charge is 0.462 e. The third kappa shape index (κ3) is 4.30. The van der Waals surface area contributed by atoms with Crippen LogP contribution in [0.4, 0.5) is 0 Å². The standard InChI is InChI=1S/C29H46O2/c1-6-27(30)31-23-15-17-29(5)22(19-23)11-13-24-25-14-12-21(10-8-7-9-20(2)3)28(25,4)18-16-26(24)29/h11,20-21,23,26H,6-10,12-19H2,1-5H3. The van der Waals surface area contributed by atoms with Gasteiger partial charge in [0.15, 0.2) is 0 Å². The molecule has 0 radical (unpaired) electrons. The maximum Gasteiger partial charge on any atom is 0.305 e. The Morgan fingerprint density at radius 1 is 1.13 bits per heavy atom. The predicted molar refractivity (Wildman–Crippen MR) is 129 cm³/mol. The quantitative estimate of drug-likeness (QED) is 0.233. The number of carbonyl (C=O) groups excluding carboxylic acids is 1. The van der Waals surface area contributed by atoms with Crippen molar-refractivity contribution in [3.63, 3.8) is 0 Å². The zero-order valence-corrected chi connectivity index (χ0v) is 20.9. The number of carbonyl (C=O) groups is 1. The molecule has 0 saturated heterocycles. The highest BCUT2D eigenvalue weighted by molar-refractivity contribution is 5.69. The van der Waals surface area contributed by atoms with Gasteiger partial charge in [-0.1, -0.05) is 76.7 Å². The van der Waals surface area contributed by atoms with Gasteiger partial charge in [-0.3, -0.25) is 4.79 Å². The summed E-state index contributed by atoms with van der Waals surface area (Å²) in [6.45, 7) is 11.8. The number of hydrogen-bond acceptors (Lipinski definition) is 2. The Hall–Kier alpha value is -1.05. The van der Waals surface area contributed by atoms with E-state index in [-0.39, 0.29) is 12.1 Å². The van der Waals surface area contributed by atoms with Crippen molar-refractivity contribution in [2.45, 2.75) is 124 Å². The van der Waals surface area contributed by atoms with E-state index < -0.39 is 0 Å². The normalized spacial score (nSPS) is 37.2. The second-order valence-corrected chi connectivity index (χ2v) is 12.0. The number of unbranched alkanes of at least 4 members (excludes halogenated alkanes) is 1. The van der Waals surface area contributed by atoms with Crippen LogP contribution in [0.1, 0.15) is 118 Å². The molecule has 2 nitrogen and oxygen atoms in total. The first-order valence-corrected chi connectivity index (χ1v) is 13.4. The summed E-state index contributed by atoms with van der Waals surface area (Å²) >= 11 is 0. The molecule has 4 aliphatic rings. The number of esters is 1. The molecule has 2 heteroatoms. The summed E-state index contributed by atoms with van der Waals surface area (Å²) in [4.78, 5) is 11.8. The Balaban J connectivity index is 1.49. The summed E-state index contributed by atoms with van der Waals surface area (Å²) in [5, 5.41) is 0. The van der Waals surface area contributed by atoms with Crippen LogP contribution in [0.5, 0.6) is 0 Å². The van der Waals surface area contributed by atoms with Gasteiger partial charge in [0.1, 0.15) is 6.10 Å². The van der Waals surface area contributed by atoms with Gasteiger partial charge in [-0.15, -0.1) is 0 Å². The molecule has 0 bridgehead atoms. The van der Waals surface area contributed by atoms with E-state index >= 15 is 0 Å². The number of ether oxygens (including phenoxy) is 1.